The van der Waals surface area contributed by atoms with Gasteiger partial charge in [-0.1, -0.05) is 0 Å². The molecule has 0 amide bonds. The van der Waals surface area contributed by atoms with Crippen LogP contribution in [0.5, 0.6) is 0 Å². The molecule has 0 radical (unpaired) electrons. The molecule has 0 spiro atoms. The minimum absolute atomic E-state index is 0.0478. The normalized spacial score (nSPS) is 19.2. The molecular formula is C9H9ClF3NO. The SMILES string of the molecule is FC(F)(F)C1(NCc2ccc(Cl)o2)CC1. The molecule has 1 aliphatic carbocycles. The Morgan fingerprint density at radius 1 is 1.40 bits per heavy atom. The molecular weight excluding hydrogens is 231 g/mol. The lowest BCUT2D eigenvalue weighted by Crippen LogP contribution is -2.44. The van der Waals surface area contributed by atoms with Crippen LogP contribution in [0.15, 0.2) is 16.5 Å². The first-order valence-electron chi connectivity index (χ1n) is 4.49. The van der Waals surface area contributed by atoms with Crippen LogP contribution in [0.25, 0.3) is 0 Å². The lowest BCUT2D eigenvalue weighted by atomic mass is 10.2. The van der Waals surface area contributed by atoms with Crippen LogP contribution >= 0.6 is 11.6 Å². The van der Waals surface area contributed by atoms with Crippen LogP contribution in [0.3, 0.4) is 0 Å². The summed E-state index contributed by atoms with van der Waals surface area (Å²) in [6.07, 6.45) is -3.93. The molecule has 6 heteroatoms. The molecule has 15 heavy (non-hydrogen) atoms. The van der Waals surface area contributed by atoms with Gasteiger partial charge in [0.1, 0.15) is 11.3 Å². The molecule has 2 nitrogen and oxygen atoms in total. The third-order valence-electron chi connectivity index (χ3n) is 2.52. The summed E-state index contributed by atoms with van der Waals surface area (Å²) < 4.78 is 42.4. The van der Waals surface area contributed by atoms with Crippen LogP contribution < -0.4 is 5.32 Å². The predicted octanol–water partition coefficient (Wildman–Crippen LogP) is 3.12. The second-order valence-corrected chi connectivity index (χ2v) is 4.01. The van der Waals surface area contributed by atoms with Crippen molar-refractivity contribution < 1.29 is 17.6 Å². The molecule has 0 saturated heterocycles. The molecule has 1 aromatic rings. The monoisotopic (exact) mass is 239 g/mol. The van der Waals surface area contributed by atoms with Gasteiger partial charge in [0.2, 0.25) is 0 Å². The van der Waals surface area contributed by atoms with E-state index in [4.69, 9.17) is 16.0 Å². The minimum Gasteiger partial charge on any atom is -0.448 e. The van der Waals surface area contributed by atoms with Crippen LogP contribution in [-0.4, -0.2) is 11.7 Å². The predicted molar refractivity (Wildman–Crippen MR) is 48.6 cm³/mol. The van der Waals surface area contributed by atoms with E-state index in [1.165, 1.54) is 6.07 Å². The summed E-state index contributed by atoms with van der Waals surface area (Å²) in [6.45, 7) is 0.0478. The van der Waals surface area contributed by atoms with E-state index in [1.807, 2.05) is 0 Å². The smallest absolute Gasteiger partial charge is 0.406 e. The maximum Gasteiger partial charge on any atom is 0.406 e. The number of alkyl halides is 3. The van der Waals surface area contributed by atoms with Crippen LogP contribution in [0.1, 0.15) is 18.6 Å². The third-order valence-corrected chi connectivity index (χ3v) is 2.73. The molecule has 0 bridgehead atoms. The quantitative estimate of drug-likeness (QED) is 0.877. The molecule has 0 atom stereocenters. The first-order chi connectivity index (χ1) is 6.93. The van der Waals surface area contributed by atoms with Crippen molar-refractivity contribution in [2.45, 2.75) is 31.1 Å². The van der Waals surface area contributed by atoms with Crippen LogP contribution in [-0.2, 0) is 6.54 Å². The second-order valence-electron chi connectivity index (χ2n) is 3.64. The number of hydrogen-bond acceptors (Lipinski definition) is 2. The zero-order valence-corrected chi connectivity index (χ0v) is 8.45. The van der Waals surface area contributed by atoms with Crippen molar-refractivity contribution in [3.05, 3.63) is 23.1 Å². The van der Waals surface area contributed by atoms with E-state index in [1.54, 1.807) is 6.07 Å². The van der Waals surface area contributed by atoms with Crippen molar-refractivity contribution in [1.82, 2.24) is 5.32 Å². The van der Waals surface area contributed by atoms with E-state index in [0.29, 0.717) is 5.76 Å². The van der Waals surface area contributed by atoms with E-state index < -0.39 is 11.7 Å². The van der Waals surface area contributed by atoms with Crippen LogP contribution in [0.4, 0.5) is 13.2 Å². The highest BCUT2D eigenvalue weighted by molar-refractivity contribution is 6.28. The Morgan fingerprint density at radius 2 is 2.07 bits per heavy atom. The summed E-state index contributed by atoms with van der Waals surface area (Å²) in [5.41, 5.74) is -1.70. The largest absolute Gasteiger partial charge is 0.448 e. The van der Waals surface area contributed by atoms with Gasteiger partial charge in [0, 0.05) is 0 Å². The van der Waals surface area contributed by atoms with Gasteiger partial charge in [-0.15, -0.1) is 0 Å². The third kappa shape index (κ3) is 2.13. The Kier molecular flexibility index (Phi) is 2.47. The van der Waals surface area contributed by atoms with E-state index in [2.05, 4.69) is 5.32 Å². The van der Waals surface area contributed by atoms with Gasteiger partial charge in [0.05, 0.1) is 6.54 Å². The lowest BCUT2D eigenvalue weighted by molar-refractivity contribution is -0.166. The van der Waals surface area contributed by atoms with Gasteiger partial charge in [-0.3, -0.25) is 5.32 Å². The Balaban J connectivity index is 1.94. The molecule has 1 fully saturated rings. The molecule has 2 rings (SSSR count). The summed E-state index contributed by atoms with van der Waals surface area (Å²) in [5.74, 6) is 0.413. The minimum atomic E-state index is -4.19. The van der Waals surface area contributed by atoms with Gasteiger partial charge in [0.15, 0.2) is 5.22 Å². The average molecular weight is 240 g/mol. The maximum absolute atomic E-state index is 12.5. The summed E-state index contributed by atoms with van der Waals surface area (Å²) >= 11 is 5.50. The fourth-order valence-corrected chi connectivity index (χ4v) is 1.55. The summed E-state index contributed by atoms with van der Waals surface area (Å²) in [4.78, 5) is 0. The van der Waals surface area contributed by atoms with Crippen molar-refractivity contribution in [2.24, 2.45) is 0 Å². The first-order valence-corrected chi connectivity index (χ1v) is 4.87. The van der Waals surface area contributed by atoms with Crippen molar-refractivity contribution >= 4 is 11.6 Å². The number of furan rings is 1. The second kappa shape index (κ2) is 3.42. The van der Waals surface area contributed by atoms with Crippen molar-refractivity contribution in [2.75, 3.05) is 0 Å². The summed E-state index contributed by atoms with van der Waals surface area (Å²) in [7, 11) is 0. The van der Waals surface area contributed by atoms with Gasteiger partial charge >= 0.3 is 6.18 Å². The molecule has 0 unspecified atom stereocenters. The highest BCUT2D eigenvalue weighted by atomic mass is 35.5. The Bertz CT molecular complexity index is 356. The Labute approximate surface area is 89.4 Å². The fourth-order valence-electron chi connectivity index (χ4n) is 1.39. The molecule has 0 aliphatic heterocycles. The van der Waals surface area contributed by atoms with Crippen molar-refractivity contribution in [1.29, 1.82) is 0 Å². The van der Waals surface area contributed by atoms with E-state index in [-0.39, 0.29) is 24.6 Å². The number of nitrogens with one attached hydrogen (secondary N) is 1. The highest BCUT2D eigenvalue weighted by Crippen LogP contribution is 2.49. The van der Waals surface area contributed by atoms with Gasteiger partial charge in [-0.25, -0.2) is 0 Å². The first kappa shape index (κ1) is 10.8. The van der Waals surface area contributed by atoms with Gasteiger partial charge in [-0.2, -0.15) is 13.2 Å². The maximum atomic E-state index is 12.5. The van der Waals surface area contributed by atoms with Crippen molar-refractivity contribution in [3.63, 3.8) is 0 Å². The topological polar surface area (TPSA) is 25.2 Å². The van der Waals surface area contributed by atoms with Crippen LogP contribution in [0.2, 0.25) is 5.22 Å². The van der Waals surface area contributed by atoms with Crippen molar-refractivity contribution in [3.8, 4) is 0 Å². The molecule has 84 valence electrons. The molecule has 1 aliphatic rings. The average Bonchev–Trinajstić information content (AvgIpc) is 2.82. The fraction of sp³-hybridized carbons (Fsp3) is 0.556. The van der Waals surface area contributed by atoms with E-state index >= 15 is 0 Å². The standard InChI is InChI=1S/C9H9ClF3NO/c10-7-2-1-6(15-7)5-14-8(3-4-8)9(11,12)13/h1-2,14H,3-5H2. The summed E-state index contributed by atoms with van der Waals surface area (Å²) in [6, 6.07) is 3.06. The van der Waals surface area contributed by atoms with Gasteiger partial charge in [0.25, 0.3) is 0 Å². The lowest BCUT2D eigenvalue weighted by Gasteiger charge is -2.19. The Morgan fingerprint density at radius 3 is 2.47 bits per heavy atom. The molecule has 1 aromatic heterocycles. The number of hydrogen-bond donors (Lipinski definition) is 1. The molecule has 1 N–H and O–H groups in total. The zero-order chi connectivity index (χ0) is 11.1. The van der Waals surface area contributed by atoms with Crippen LogP contribution in [0, 0.1) is 0 Å². The summed E-state index contributed by atoms with van der Waals surface area (Å²) in [5, 5.41) is 2.65. The number of rotatable bonds is 3. The Hall–Kier alpha value is -0.680. The molecule has 1 saturated carbocycles. The number of halogens is 4. The molecule has 0 aromatic carbocycles. The highest BCUT2D eigenvalue weighted by Gasteiger charge is 2.63. The van der Waals surface area contributed by atoms with E-state index in [9.17, 15) is 13.2 Å². The van der Waals surface area contributed by atoms with Gasteiger partial charge in [-0.05, 0) is 36.6 Å². The zero-order valence-electron chi connectivity index (χ0n) is 7.70. The molecule has 1 heterocycles. The van der Waals surface area contributed by atoms with E-state index in [0.717, 1.165) is 0 Å². The van der Waals surface area contributed by atoms with Gasteiger partial charge < -0.3 is 4.42 Å².